The van der Waals surface area contributed by atoms with E-state index in [2.05, 4.69) is 10.6 Å². The lowest BCUT2D eigenvalue weighted by Gasteiger charge is -2.14. The van der Waals surface area contributed by atoms with Crippen molar-refractivity contribution in [3.05, 3.63) is 35.9 Å². The van der Waals surface area contributed by atoms with Gasteiger partial charge in [0, 0.05) is 6.42 Å². The maximum atomic E-state index is 11.7. The van der Waals surface area contributed by atoms with Gasteiger partial charge in [0.05, 0.1) is 12.6 Å². The topological polar surface area (TPSA) is 58.2 Å². The zero-order valence-corrected chi connectivity index (χ0v) is 11.8. The molecule has 4 heteroatoms. The Labute approximate surface area is 114 Å². The first-order chi connectivity index (χ1) is 8.99. The average molecular weight is 262 g/mol. The second-order valence-electron chi connectivity index (χ2n) is 5.07. The second-order valence-corrected chi connectivity index (χ2v) is 5.07. The number of benzene rings is 1. The zero-order valence-electron chi connectivity index (χ0n) is 11.8. The van der Waals surface area contributed by atoms with Crippen LogP contribution in [0.25, 0.3) is 0 Å². The van der Waals surface area contributed by atoms with Crippen molar-refractivity contribution in [3.63, 3.8) is 0 Å². The van der Waals surface area contributed by atoms with Gasteiger partial charge in [0.2, 0.25) is 11.8 Å². The van der Waals surface area contributed by atoms with Gasteiger partial charge in [-0.2, -0.15) is 0 Å². The van der Waals surface area contributed by atoms with Gasteiger partial charge < -0.3 is 10.6 Å². The van der Waals surface area contributed by atoms with E-state index in [1.165, 1.54) is 0 Å². The first-order valence-electron chi connectivity index (χ1n) is 6.60. The molecule has 2 N–H and O–H groups in total. The molecule has 0 aliphatic rings. The predicted molar refractivity (Wildman–Crippen MR) is 75.5 cm³/mol. The Bertz CT molecular complexity index is 415. The summed E-state index contributed by atoms with van der Waals surface area (Å²) in [7, 11) is 0. The van der Waals surface area contributed by atoms with E-state index in [0.29, 0.717) is 12.3 Å². The Morgan fingerprint density at radius 1 is 1.05 bits per heavy atom. The third-order valence-corrected chi connectivity index (χ3v) is 2.72. The molecule has 1 aromatic carbocycles. The van der Waals surface area contributed by atoms with Gasteiger partial charge in [0.15, 0.2) is 0 Å². The number of nitrogens with one attached hydrogen (secondary N) is 2. The number of carbonyl (C=O) groups excluding carboxylic acids is 2. The lowest BCUT2D eigenvalue weighted by Crippen LogP contribution is -2.38. The van der Waals surface area contributed by atoms with E-state index in [0.717, 1.165) is 5.56 Å². The first kappa shape index (κ1) is 15.2. The van der Waals surface area contributed by atoms with E-state index in [-0.39, 0.29) is 24.4 Å². The Kier molecular flexibility index (Phi) is 6.06. The molecule has 0 saturated heterocycles. The second kappa shape index (κ2) is 7.56. The minimum atomic E-state index is -0.173. The lowest BCUT2D eigenvalue weighted by atomic mass is 10.1. The summed E-state index contributed by atoms with van der Waals surface area (Å²) in [4.78, 5) is 23.1. The summed E-state index contributed by atoms with van der Waals surface area (Å²) in [5.74, 6) is 0.0391. The highest BCUT2D eigenvalue weighted by Crippen LogP contribution is 2.10. The van der Waals surface area contributed by atoms with E-state index in [1.54, 1.807) is 0 Å². The van der Waals surface area contributed by atoms with Gasteiger partial charge in [-0.1, -0.05) is 44.2 Å². The molecule has 1 unspecified atom stereocenters. The SMILES string of the molecule is CC(C)CC(=O)NCC(=O)NC(C)c1ccccc1. The van der Waals surface area contributed by atoms with Gasteiger partial charge >= 0.3 is 0 Å². The van der Waals surface area contributed by atoms with E-state index in [9.17, 15) is 9.59 Å². The molecule has 0 heterocycles. The monoisotopic (exact) mass is 262 g/mol. The molecule has 2 amide bonds. The Balaban J connectivity index is 2.33. The maximum Gasteiger partial charge on any atom is 0.239 e. The summed E-state index contributed by atoms with van der Waals surface area (Å²) in [6.45, 7) is 5.89. The molecule has 0 fully saturated rings. The van der Waals surface area contributed by atoms with Crippen LogP contribution < -0.4 is 10.6 Å². The number of hydrogen-bond acceptors (Lipinski definition) is 2. The summed E-state index contributed by atoms with van der Waals surface area (Å²) in [6.07, 6.45) is 0.446. The minimum Gasteiger partial charge on any atom is -0.348 e. The van der Waals surface area contributed by atoms with E-state index in [4.69, 9.17) is 0 Å². The van der Waals surface area contributed by atoms with Crippen molar-refractivity contribution in [2.24, 2.45) is 5.92 Å². The fourth-order valence-corrected chi connectivity index (χ4v) is 1.74. The van der Waals surface area contributed by atoms with Crippen LogP contribution >= 0.6 is 0 Å². The molecule has 0 aromatic heterocycles. The third kappa shape index (κ3) is 6.04. The van der Waals surface area contributed by atoms with Crippen molar-refractivity contribution in [2.45, 2.75) is 33.2 Å². The van der Waals surface area contributed by atoms with Crippen molar-refractivity contribution in [3.8, 4) is 0 Å². The van der Waals surface area contributed by atoms with Crippen LogP contribution in [0, 0.1) is 5.92 Å². The van der Waals surface area contributed by atoms with Crippen LogP contribution in [0.15, 0.2) is 30.3 Å². The standard InChI is InChI=1S/C15H22N2O2/c1-11(2)9-14(18)16-10-15(19)17-12(3)13-7-5-4-6-8-13/h4-8,11-12H,9-10H2,1-3H3,(H,16,18)(H,17,19). The summed E-state index contributed by atoms with van der Waals surface area (Å²) in [6, 6.07) is 9.66. The summed E-state index contributed by atoms with van der Waals surface area (Å²) < 4.78 is 0. The summed E-state index contributed by atoms with van der Waals surface area (Å²) in [5, 5.41) is 5.47. The lowest BCUT2D eigenvalue weighted by molar-refractivity contribution is -0.126. The molecule has 4 nitrogen and oxygen atoms in total. The third-order valence-electron chi connectivity index (χ3n) is 2.72. The summed E-state index contributed by atoms with van der Waals surface area (Å²) >= 11 is 0. The molecule has 104 valence electrons. The quantitative estimate of drug-likeness (QED) is 0.824. The number of hydrogen-bond donors (Lipinski definition) is 2. The van der Waals surface area contributed by atoms with Crippen molar-refractivity contribution in [2.75, 3.05) is 6.54 Å². The molecule has 1 atom stereocenters. The molecular formula is C15H22N2O2. The highest BCUT2D eigenvalue weighted by molar-refractivity contribution is 5.84. The van der Waals surface area contributed by atoms with Crippen LogP contribution in [0.1, 0.15) is 38.8 Å². The smallest absolute Gasteiger partial charge is 0.239 e. The van der Waals surface area contributed by atoms with Crippen LogP contribution in [0.4, 0.5) is 0 Å². The average Bonchev–Trinajstić information content (AvgIpc) is 2.36. The van der Waals surface area contributed by atoms with E-state index < -0.39 is 0 Å². The molecule has 0 bridgehead atoms. The van der Waals surface area contributed by atoms with Gasteiger partial charge in [0.1, 0.15) is 0 Å². The van der Waals surface area contributed by atoms with Crippen LogP contribution in [-0.4, -0.2) is 18.4 Å². The molecule has 0 aliphatic heterocycles. The van der Waals surface area contributed by atoms with Crippen LogP contribution in [0.3, 0.4) is 0 Å². The van der Waals surface area contributed by atoms with Gasteiger partial charge in [-0.05, 0) is 18.4 Å². The Morgan fingerprint density at radius 2 is 1.68 bits per heavy atom. The van der Waals surface area contributed by atoms with Crippen LogP contribution in [-0.2, 0) is 9.59 Å². The molecule has 1 rings (SSSR count). The maximum absolute atomic E-state index is 11.7. The number of rotatable bonds is 6. The van der Waals surface area contributed by atoms with Crippen molar-refractivity contribution < 1.29 is 9.59 Å². The molecular weight excluding hydrogens is 240 g/mol. The van der Waals surface area contributed by atoms with Crippen molar-refractivity contribution in [1.29, 1.82) is 0 Å². The molecule has 0 saturated carbocycles. The van der Waals surface area contributed by atoms with Crippen molar-refractivity contribution in [1.82, 2.24) is 10.6 Å². The van der Waals surface area contributed by atoms with Gasteiger partial charge in [-0.15, -0.1) is 0 Å². The van der Waals surface area contributed by atoms with Gasteiger partial charge in [0.25, 0.3) is 0 Å². The zero-order chi connectivity index (χ0) is 14.3. The normalized spacial score (nSPS) is 12.0. The molecule has 0 radical (unpaired) electrons. The van der Waals surface area contributed by atoms with Gasteiger partial charge in [-0.25, -0.2) is 0 Å². The number of amides is 2. The highest BCUT2D eigenvalue weighted by Gasteiger charge is 2.10. The molecule has 0 aliphatic carbocycles. The number of carbonyl (C=O) groups is 2. The minimum absolute atomic E-state index is 0.0305. The Morgan fingerprint density at radius 3 is 2.26 bits per heavy atom. The Hall–Kier alpha value is -1.84. The van der Waals surface area contributed by atoms with Crippen LogP contribution in [0.5, 0.6) is 0 Å². The first-order valence-corrected chi connectivity index (χ1v) is 6.60. The molecule has 1 aromatic rings. The molecule has 0 spiro atoms. The van der Waals surface area contributed by atoms with Crippen molar-refractivity contribution >= 4 is 11.8 Å². The fourth-order valence-electron chi connectivity index (χ4n) is 1.74. The summed E-state index contributed by atoms with van der Waals surface area (Å²) in [5.41, 5.74) is 1.05. The van der Waals surface area contributed by atoms with Gasteiger partial charge in [-0.3, -0.25) is 9.59 Å². The van der Waals surface area contributed by atoms with Crippen LogP contribution in [0.2, 0.25) is 0 Å². The van der Waals surface area contributed by atoms with E-state index >= 15 is 0 Å². The largest absolute Gasteiger partial charge is 0.348 e. The molecule has 19 heavy (non-hydrogen) atoms. The highest BCUT2D eigenvalue weighted by atomic mass is 16.2. The predicted octanol–water partition coefficient (Wildman–Crippen LogP) is 2.03. The fraction of sp³-hybridized carbons (Fsp3) is 0.467. The van der Waals surface area contributed by atoms with E-state index in [1.807, 2.05) is 51.1 Å².